The summed E-state index contributed by atoms with van der Waals surface area (Å²) in [7, 11) is 0. The number of nitrogens with two attached hydrogens (primary N) is 1. The van der Waals surface area contributed by atoms with Crippen LogP contribution in [0, 0.1) is 12.7 Å². The van der Waals surface area contributed by atoms with E-state index in [0.717, 1.165) is 11.1 Å². The topological polar surface area (TPSA) is 54.7 Å². The number of nitrogen functional groups attached to an aromatic ring is 1. The molecule has 2 aromatic carbocycles. The molecule has 0 aliphatic carbocycles. The van der Waals surface area contributed by atoms with Gasteiger partial charge in [-0.1, -0.05) is 42.5 Å². The highest BCUT2D eigenvalue weighted by Crippen LogP contribution is 2.36. The maximum Gasteiger partial charge on any atom is 0.153 e. The molecule has 3 rings (SSSR count). The lowest BCUT2D eigenvalue weighted by Gasteiger charge is -2.07. The highest BCUT2D eigenvalue weighted by atomic mass is 19.1. The van der Waals surface area contributed by atoms with E-state index in [1.54, 1.807) is 19.1 Å². The summed E-state index contributed by atoms with van der Waals surface area (Å²) in [6.45, 7) is 1.74. The fourth-order valence-electron chi connectivity index (χ4n) is 2.29. The summed E-state index contributed by atoms with van der Waals surface area (Å²) in [6.07, 6.45) is 0. The standard InChI is InChI=1S/C16H14FN3/c1-10-6-5-9-12(14(10)17)15-13(16(18)20-19-15)11-7-3-2-4-8-11/h2-9H,1H3,(H3,18,19,20). The van der Waals surface area contributed by atoms with Gasteiger partial charge in [0.2, 0.25) is 0 Å². The van der Waals surface area contributed by atoms with Gasteiger partial charge in [0.1, 0.15) is 5.82 Å². The summed E-state index contributed by atoms with van der Waals surface area (Å²) in [5.41, 5.74) is 9.26. The molecule has 0 saturated heterocycles. The number of aromatic amines is 1. The summed E-state index contributed by atoms with van der Waals surface area (Å²) in [5.74, 6) is 0.112. The summed E-state index contributed by atoms with van der Waals surface area (Å²) in [6, 6.07) is 14.9. The molecule has 0 unspecified atom stereocenters. The third-order valence-electron chi connectivity index (χ3n) is 3.32. The van der Waals surface area contributed by atoms with Gasteiger partial charge in [0.25, 0.3) is 0 Å². The van der Waals surface area contributed by atoms with Crippen molar-refractivity contribution in [3.63, 3.8) is 0 Å². The van der Waals surface area contributed by atoms with Crippen LogP contribution in [0.1, 0.15) is 5.56 Å². The number of hydrogen-bond donors (Lipinski definition) is 2. The molecule has 0 aliphatic heterocycles. The first-order chi connectivity index (χ1) is 9.68. The Labute approximate surface area is 116 Å². The zero-order valence-corrected chi connectivity index (χ0v) is 11.0. The van der Waals surface area contributed by atoms with Crippen molar-refractivity contribution in [1.82, 2.24) is 10.2 Å². The Balaban J connectivity index is 2.24. The van der Waals surface area contributed by atoms with Crippen molar-refractivity contribution >= 4 is 5.82 Å². The molecule has 0 spiro atoms. The second kappa shape index (κ2) is 4.81. The molecular weight excluding hydrogens is 253 g/mol. The van der Waals surface area contributed by atoms with Crippen LogP contribution >= 0.6 is 0 Å². The molecule has 100 valence electrons. The number of rotatable bonds is 2. The van der Waals surface area contributed by atoms with Gasteiger partial charge in [-0.2, -0.15) is 5.10 Å². The van der Waals surface area contributed by atoms with Crippen molar-refractivity contribution in [2.45, 2.75) is 6.92 Å². The number of H-pyrrole nitrogens is 1. The largest absolute Gasteiger partial charge is 0.382 e. The molecule has 3 aromatic rings. The Kier molecular flexibility index (Phi) is 2.99. The average molecular weight is 267 g/mol. The molecular formula is C16H14FN3. The molecule has 0 bridgehead atoms. The molecule has 20 heavy (non-hydrogen) atoms. The Bertz CT molecular complexity index is 748. The van der Waals surface area contributed by atoms with Gasteiger partial charge in [0.15, 0.2) is 5.82 Å². The maximum absolute atomic E-state index is 14.3. The molecule has 0 saturated carbocycles. The van der Waals surface area contributed by atoms with Crippen LogP contribution in [-0.4, -0.2) is 10.2 Å². The number of aromatic nitrogens is 2. The number of nitrogens with zero attached hydrogens (tertiary/aromatic N) is 1. The van der Waals surface area contributed by atoms with Crippen molar-refractivity contribution in [2.75, 3.05) is 5.73 Å². The number of halogens is 1. The van der Waals surface area contributed by atoms with E-state index in [1.807, 2.05) is 36.4 Å². The van der Waals surface area contributed by atoms with Gasteiger partial charge in [0, 0.05) is 5.56 Å². The van der Waals surface area contributed by atoms with Crippen molar-refractivity contribution in [3.8, 4) is 22.4 Å². The van der Waals surface area contributed by atoms with Crippen molar-refractivity contribution < 1.29 is 4.39 Å². The lowest BCUT2D eigenvalue weighted by atomic mass is 9.99. The normalized spacial score (nSPS) is 10.7. The van der Waals surface area contributed by atoms with Crippen molar-refractivity contribution in [3.05, 3.63) is 59.9 Å². The first kappa shape index (κ1) is 12.4. The number of anilines is 1. The van der Waals surface area contributed by atoms with E-state index in [1.165, 1.54) is 0 Å². The minimum absolute atomic E-state index is 0.256. The highest BCUT2D eigenvalue weighted by Gasteiger charge is 2.17. The lowest BCUT2D eigenvalue weighted by Crippen LogP contribution is -1.91. The van der Waals surface area contributed by atoms with Gasteiger partial charge in [-0.05, 0) is 24.1 Å². The van der Waals surface area contributed by atoms with E-state index in [2.05, 4.69) is 10.2 Å². The second-order valence-corrected chi connectivity index (χ2v) is 4.66. The first-order valence-corrected chi connectivity index (χ1v) is 6.33. The summed E-state index contributed by atoms with van der Waals surface area (Å²) >= 11 is 0. The molecule has 1 heterocycles. The van der Waals surface area contributed by atoms with Crippen LogP contribution in [0.4, 0.5) is 10.2 Å². The quantitative estimate of drug-likeness (QED) is 0.742. The molecule has 1 aromatic heterocycles. The predicted molar refractivity (Wildman–Crippen MR) is 78.6 cm³/mol. The van der Waals surface area contributed by atoms with Crippen LogP contribution in [0.3, 0.4) is 0 Å². The minimum atomic E-state index is -0.256. The van der Waals surface area contributed by atoms with E-state index >= 15 is 0 Å². The average Bonchev–Trinajstić information content (AvgIpc) is 2.84. The monoisotopic (exact) mass is 267 g/mol. The zero-order valence-electron chi connectivity index (χ0n) is 11.0. The first-order valence-electron chi connectivity index (χ1n) is 6.33. The molecule has 0 fully saturated rings. The SMILES string of the molecule is Cc1cccc(-c2[nH]nc(N)c2-c2ccccc2)c1F. The Morgan fingerprint density at radius 2 is 1.80 bits per heavy atom. The number of nitrogens with one attached hydrogen (secondary N) is 1. The van der Waals surface area contributed by atoms with Crippen molar-refractivity contribution in [2.24, 2.45) is 0 Å². The third kappa shape index (κ3) is 1.95. The predicted octanol–water partition coefficient (Wildman–Crippen LogP) is 3.77. The van der Waals surface area contributed by atoms with Gasteiger partial charge >= 0.3 is 0 Å². The number of aryl methyl sites for hydroxylation is 1. The molecule has 3 nitrogen and oxygen atoms in total. The Hall–Kier alpha value is -2.62. The molecule has 0 aliphatic rings. The number of benzene rings is 2. The number of hydrogen-bond acceptors (Lipinski definition) is 2. The summed E-state index contributed by atoms with van der Waals surface area (Å²) in [4.78, 5) is 0. The fraction of sp³-hybridized carbons (Fsp3) is 0.0625. The summed E-state index contributed by atoms with van der Waals surface area (Å²) in [5, 5.41) is 6.87. The van der Waals surface area contributed by atoms with Gasteiger partial charge in [0.05, 0.1) is 11.3 Å². The van der Waals surface area contributed by atoms with Crippen LogP contribution in [0.25, 0.3) is 22.4 Å². The Morgan fingerprint density at radius 1 is 1.05 bits per heavy atom. The molecule has 0 radical (unpaired) electrons. The van der Waals surface area contributed by atoms with Crippen LogP contribution in [0.15, 0.2) is 48.5 Å². The Morgan fingerprint density at radius 3 is 2.55 bits per heavy atom. The van der Waals surface area contributed by atoms with Gasteiger partial charge < -0.3 is 5.73 Å². The molecule has 0 amide bonds. The summed E-state index contributed by atoms with van der Waals surface area (Å²) < 4.78 is 14.3. The van der Waals surface area contributed by atoms with E-state index in [9.17, 15) is 4.39 Å². The smallest absolute Gasteiger partial charge is 0.153 e. The van der Waals surface area contributed by atoms with Crippen LogP contribution in [0.5, 0.6) is 0 Å². The molecule has 4 heteroatoms. The fourth-order valence-corrected chi connectivity index (χ4v) is 2.29. The van der Waals surface area contributed by atoms with Crippen LogP contribution in [-0.2, 0) is 0 Å². The van der Waals surface area contributed by atoms with Crippen LogP contribution < -0.4 is 5.73 Å². The third-order valence-corrected chi connectivity index (χ3v) is 3.32. The van der Waals surface area contributed by atoms with Crippen molar-refractivity contribution in [1.29, 1.82) is 0 Å². The van der Waals surface area contributed by atoms with Crippen LogP contribution in [0.2, 0.25) is 0 Å². The van der Waals surface area contributed by atoms with E-state index < -0.39 is 0 Å². The molecule has 3 N–H and O–H groups in total. The van der Waals surface area contributed by atoms with Gasteiger partial charge in [-0.3, -0.25) is 5.10 Å². The minimum Gasteiger partial charge on any atom is -0.382 e. The molecule has 0 atom stereocenters. The highest BCUT2D eigenvalue weighted by molar-refractivity contribution is 5.88. The lowest BCUT2D eigenvalue weighted by molar-refractivity contribution is 0.621. The van der Waals surface area contributed by atoms with Gasteiger partial charge in [-0.15, -0.1) is 0 Å². The van der Waals surface area contributed by atoms with E-state index in [4.69, 9.17) is 5.73 Å². The zero-order chi connectivity index (χ0) is 14.1. The second-order valence-electron chi connectivity index (χ2n) is 4.66. The maximum atomic E-state index is 14.3. The van der Waals surface area contributed by atoms with Gasteiger partial charge in [-0.25, -0.2) is 4.39 Å². The van der Waals surface area contributed by atoms with E-state index in [-0.39, 0.29) is 5.82 Å². The van der Waals surface area contributed by atoms with E-state index in [0.29, 0.717) is 22.6 Å².